The smallest absolute Gasteiger partial charge is 0.217 e. The van der Waals surface area contributed by atoms with E-state index < -0.39 is 15.8 Å². The summed E-state index contributed by atoms with van der Waals surface area (Å²) >= 11 is 0. The van der Waals surface area contributed by atoms with Crippen LogP contribution in [0, 0.1) is 0 Å². The van der Waals surface area contributed by atoms with Gasteiger partial charge in [0.15, 0.2) is 23.2 Å². The lowest BCUT2D eigenvalue weighted by Gasteiger charge is -2.10. The molecule has 0 atom stereocenters. The van der Waals surface area contributed by atoms with Gasteiger partial charge in [-0.25, -0.2) is 8.42 Å². The van der Waals surface area contributed by atoms with E-state index in [0.29, 0.717) is 24.3 Å². The molecule has 0 radical (unpaired) electrons. The molecular formula is C20H20O7S. The number of benzene rings is 2. The summed E-state index contributed by atoms with van der Waals surface area (Å²) in [5.41, 5.74) is 0.806. The number of carbonyl (C=O) groups is 1. The number of phenolic OH excluding ortho intramolecular Hbond substituents is 1. The summed E-state index contributed by atoms with van der Waals surface area (Å²) in [7, 11) is -2.09. The van der Waals surface area contributed by atoms with E-state index in [1.165, 1.54) is 37.5 Å². The van der Waals surface area contributed by atoms with Crippen LogP contribution in [0.2, 0.25) is 0 Å². The van der Waals surface area contributed by atoms with Gasteiger partial charge in [0, 0.05) is 6.07 Å². The highest BCUT2D eigenvalue weighted by atomic mass is 32.2. The maximum atomic E-state index is 12.7. The maximum absolute atomic E-state index is 12.7. The van der Waals surface area contributed by atoms with Crippen molar-refractivity contribution in [2.45, 2.75) is 18.2 Å². The second-order valence-electron chi connectivity index (χ2n) is 6.15. The minimum atomic E-state index is -3.53. The monoisotopic (exact) mass is 404 g/mol. The third-order valence-corrected chi connectivity index (χ3v) is 5.53. The Kier molecular flexibility index (Phi) is 5.60. The Labute approximate surface area is 163 Å². The first kappa shape index (κ1) is 19.8. The van der Waals surface area contributed by atoms with E-state index in [1.54, 1.807) is 12.1 Å². The van der Waals surface area contributed by atoms with Crippen molar-refractivity contribution in [2.75, 3.05) is 19.7 Å². The zero-order valence-electron chi connectivity index (χ0n) is 15.5. The predicted molar refractivity (Wildman–Crippen MR) is 103 cm³/mol. The Morgan fingerprint density at radius 3 is 2.71 bits per heavy atom. The Balaban J connectivity index is 1.93. The van der Waals surface area contributed by atoms with Crippen molar-refractivity contribution in [3.8, 4) is 23.0 Å². The third kappa shape index (κ3) is 3.96. The van der Waals surface area contributed by atoms with Crippen LogP contribution in [0.3, 0.4) is 0 Å². The quantitative estimate of drug-likeness (QED) is 0.559. The fraction of sp³-hybridized carbons (Fsp3) is 0.250. The molecule has 0 saturated carbocycles. The van der Waals surface area contributed by atoms with Crippen LogP contribution in [-0.4, -0.2) is 39.0 Å². The number of hydrogen-bond donors (Lipinski definition) is 1. The van der Waals surface area contributed by atoms with Crippen LogP contribution in [0.25, 0.3) is 6.08 Å². The van der Waals surface area contributed by atoms with Crippen molar-refractivity contribution >= 4 is 21.7 Å². The molecule has 0 spiro atoms. The topological polar surface area (TPSA) is 99.1 Å². The van der Waals surface area contributed by atoms with Gasteiger partial charge < -0.3 is 19.3 Å². The lowest BCUT2D eigenvalue weighted by Crippen LogP contribution is -2.05. The Hall–Kier alpha value is -3.00. The number of fused-ring (bicyclic) bond motifs is 1. The molecule has 2 aromatic rings. The molecule has 0 saturated heterocycles. The van der Waals surface area contributed by atoms with Crippen LogP contribution >= 0.6 is 0 Å². The first-order chi connectivity index (χ1) is 13.4. The molecule has 7 nitrogen and oxygen atoms in total. The number of hydrogen-bond acceptors (Lipinski definition) is 7. The lowest BCUT2D eigenvalue weighted by atomic mass is 10.1. The van der Waals surface area contributed by atoms with Crippen LogP contribution in [0.1, 0.15) is 29.3 Å². The number of allylic oxidation sites excluding steroid dienone is 1. The summed E-state index contributed by atoms with van der Waals surface area (Å²) in [6, 6.07) is 7.48. The van der Waals surface area contributed by atoms with E-state index >= 15 is 0 Å². The molecule has 1 N–H and O–H groups in total. The van der Waals surface area contributed by atoms with Gasteiger partial charge in [0.05, 0.1) is 19.3 Å². The van der Waals surface area contributed by atoms with Crippen LogP contribution < -0.4 is 14.2 Å². The van der Waals surface area contributed by atoms with Crippen molar-refractivity contribution in [3.05, 3.63) is 47.5 Å². The van der Waals surface area contributed by atoms with Gasteiger partial charge in [-0.2, -0.15) is 0 Å². The molecule has 148 valence electrons. The molecular weight excluding hydrogens is 384 g/mol. The van der Waals surface area contributed by atoms with Crippen molar-refractivity contribution in [1.29, 1.82) is 0 Å². The SMILES string of the molecule is CCCOc1cc2c(cc1C(=O)/C=C/c1ccc(OC)c(O)c1)OCS2(=O)=O. The van der Waals surface area contributed by atoms with Gasteiger partial charge in [0.1, 0.15) is 16.4 Å². The number of aromatic hydroxyl groups is 1. The van der Waals surface area contributed by atoms with Crippen molar-refractivity contribution in [3.63, 3.8) is 0 Å². The second kappa shape index (κ2) is 7.93. The Morgan fingerprint density at radius 2 is 2.04 bits per heavy atom. The van der Waals surface area contributed by atoms with Crippen molar-refractivity contribution in [2.24, 2.45) is 0 Å². The van der Waals surface area contributed by atoms with Crippen molar-refractivity contribution in [1.82, 2.24) is 0 Å². The van der Waals surface area contributed by atoms with Gasteiger partial charge in [-0.1, -0.05) is 19.1 Å². The maximum Gasteiger partial charge on any atom is 0.217 e. The van der Waals surface area contributed by atoms with Crippen LogP contribution in [0.5, 0.6) is 23.0 Å². The molecule has 2 aromatic carbocycles. The molecule has 28 heavy (non-hydrogen) atoms. The van der Waals surface area contributed by atoms with E-state index in [1.807, 2.05) is 6.92 Å². The zero-order chi connectivity index (χ0) is 20.3. The second-order valence-corrected chi connectivity index (χ2v) is 8.05. The normalized spacial score (nSPS) is 14.5. The molecule has 1 aliphatic rings. The average molecular weight is 404 g/mol. The first-order valence-corrected chi connectivity index (χ1v) is 10.3. The van der Waals surface area contributed by atoms with E-state index in [4.69, 9.17) is 14.2 Å². The van der Waals surface area contributed by atoms with Crippen molar-refractivity contribution < 1.29 is 32.5 Å². The van der Waals surface area contributed by atoms with Gasteiger partial charge in [-0.3, -0.25) is 4.79 Å². The predicted octanol–water partition coefficient (Wildman–Crippen LogP) is 3.21. The molecule has 0 aliphatic carbocycles. The largest absolute Gasteiger partial charge is 0.504 e. The molecule has 1 heterocycles. The Bertz CT molecular complexity index is 1040. The summed E-state index contributed by atoms with van der Waals surface area (Å²) in [5.74, 6) is -0.202. The highest BCUT2D eigenvalue weighted by Crippen LogP contribution is 2.37. The molecule has 3 rings (SSSR count). The molecule has 1 aliphatic heterocycles. The summed E-state index contributed by atoms with van der Waals surface area (Å²) in [6.07, 6.45) is 3.57. The summed E-state index contributed by atoms with van der Waals surface area (Å²) < 4.78 is 39.9. The number of rotatable bonds is 7. The molecule has 0 fully saturated rings. The van der Waals surface area contributed by atoms with Crippen LogP contribution in [0.15, 0.2) is 41.3 Å². The van der Waals surface area contributed by atoms with E-state index in [0.717, 1.165) is 0 Å². The summed E-state index contributed by atoms with van der Waals surface area (Å²) in [6.45, 7) is 2.25. The molecule has 0 bridgehead atoms. The molecule has 0 aromatic heterocycles. The average Bonchev–Trinajstić information content (AvgIpc) is 2.98. The van der Waals surface area contributed by atoms with Crippen LogP contribution in [-0.2, 0) is 9.84 Å². The number of sulfone groups is 1. The highest BCUT2D eigenvalue weighted by Gasteiger charge is 2.31. The van der Waals surface area contributed by atoms with Gasteiger partial charge >= 0.3 is 0 Å². The zero-order valence-corrected chi connectivity index (χ0v) is 16.3. The number of carbonyl (C=O) groups excluding carboxylic acids is 1. The van der Waals surface area contributed by atoms with Crippen LogP contribution in [0.4, 0.5) is 0 Å². The lowest BCUT2D eigenvalue weighted by molar-refractivity contribution is 0.104. The van der Waals surface area contributed by atoms with Gasteiger partial charge in [0.25, 0.3) is 0 Å². The highest BCUT2D eigenvalue weighted by molar-refractivity contribution is 7.91. The minimum Gasteiger partial charge on any atom is -0.504 e. The minimum absolute atomic E-state index is 0.0270. The standard InChI is InChI=1S/C20H20O7S/c1-3-8-26-18-11-20-19(27-12-28(20,23)24)10-14(18)15(21)6-4-13-5-7-17(25-2)16(22)9-13/h4-7,9-11,22H,3,8,12H2,1-2H3/b6-4+. The number of methoxy groups -OCH3 is 1. The number of phenols is 1. The molecule has 0 unspecified atom stereocenters. The summed E-state index contributed by atoms with van der Waals surface area (Å²) in [5, 5.41) is 9.83. The fourth-order valence-electron chi connectivity index (χ4n) is 2.70. The molecule has 8 heteroatoms. The van der Waals surface area contributed by atoms with Gasteiger partial charge in [-0.15, -0.1) is 0 Å². The third-order valence-electron chi connectivity index (χ3n) is 4.11. The van der Waals surface area contributed by atoms with E-state index in [-0.39, 0.29) is 33.5 Å². The Morgan fingerprint density at radius 1 is 1.25 bits per heavy atom. The van der Waals surface area contributed by atoms with E-state index in [2.05, 4.69) is 0 Å². The van der Waals surface area contributed by atoms with Gasteiger partial charge in [0.2, 0.25) is 9.84 Å². The first-order valence-electron chi connectivity index (χ1n) is 8.61. The number of ketones is 1. The fourth-order valence-corrected chi connectivity index (χ4v) is 3.82. The molecule has 0 amide bonds. The van der Waals surface area contributed by atoms with Gasteiger partial charge in [-0.05, 0) is 36.3 Å². The number of ether oxygens (including phenoxy) is 3. The van der Waals surface area contributed by atoms with E-state index in [9.17, 15) is 18.3 Å². The summed E-state index contributed by atoms with van der Waals surface area (Å²) in [4.78, 5) is 12.7.